The van der Waals surface area contributed by atoms with Gasteiger partial charge in [0.1, 0.15) is 5.75 Å². The van der Waals surface area contributed by atoms with Gasteiger partial charge in [-0.2, -0.15) is 0 Å². The molecule has 2 aromatic rings. The van der Waals surface area contributed by atoms with Crippen LogP contribution in [0.3, 0.4) is 0 Å². The van der Waals surface area contributed by atoms with Crippen LogP contribution in [0.5, 0.6) is 5.75 Å². The van der Waals surface area contributed by atoms with E-state index in [9.17, 15) is 0 Å². The Morgan fingerprint density at radius 3 is 2.78 bits per heavy atom. The Morgan fingerprint density at radius 2 is 2.06 bits per heavy atom. The SMILES string of the molecule is COc1ccccc1CN[C@H](C)c1cccnc1. The lowest BCUT2D eigenvalue weighted by Gasteiger charge is -2.15. The fourth-order valence-electron chi connectivity index (χ4n) is 1.86. The number of hydrogen-bond donors (Lipinski definition) is 1. The average Bonchev–Trinajstić information content (AvgIpc) is 2.46. The molecule has 0 saturated carbocycles. The summed E-state index contributed by atoms with van der Waals surface area (Å²) >= 11 is 0. The highest BCUT2D eigenvalue weighted by molar-refractivity contribution is 5.33. The molecule has 1 atom stereocenters. The van der Waals surface area contributed by atoms with Crippen molar-refractivity contribution in [3.8, 4) is 5.75 Å². The van der Waals surface area contributed by atoms with Gasteiger partial charge in [0, 0.05) is 30.5 Å². The van der Waals surface area contributed by atoms with E-state index >= 15 is 0 Å². The topological polar surface area (TPSA) is 34.1 Å². The molecule has 1 heterocycles. The highest BCUT2D eigenvalue weighted by Gasteiger charge is 2.06. The summed E-state index contributed by atoms with van der Waals surface area (Å²) in [6, 6.07) is 12.3. The van der Waals surface area contributed by atoms with Gasteiger partial charge in [-0.05, 0) is 24.6 Å². The summed E-state index contributed by atoms with van der Waals surface area (Å²) in [6.45, 7) is 2.91. The summed E-state index contributed by atoms with van der Waals surface area (Å²) in [5, 5.41) is 3.47. The second kappa shape index (κ2) is 6.17. The molecular formula is C15H18N2O. The van der Waals surface area contributed by atoms with Gasteiger partial charge in [0.15, 0.2) is 0 Å². The number of nitrogens with one attached hydrogen (secondary N) is 1. The van der Waals surface area contributed by atoms with Gasteiger partial charge in [0.25, 0.3) is 0 Å². The maximum atomic E-state index is 5.33. The molecule has 1 N–H and O–H groups in total. The van der Waals surface area contributed by atoms with Gasteiger partial charge >= 0.3 is 0 Å². The van der Waals surface area contributed by atoms with Crippen molar-refractivity contribution in [2.24, 2.45) is 0 Å². The molecular weight excluding hydrogens is 224 g/mol. The van der Waals surface area contributed by atoms with Crippen molar-refractivity contribution in [1.29, 1.82) is 0 Å². The molecule has 0 aliphatic heterocycles. The molecule has 0 aliphatic rings. The predicted octanol–water partition coefficient (Wildman–Crippen LogP) is 2.94. The molecule has 0 saturated heterocycles. The van der Waals surface area contributed by atoms with E-state index in [-0.39, 0.29) is 6.04 Å². The quantitative estimate of drug-likeness (QED) is 0.875. The molecule has 1 aromatic carbocycles. The van der Waals surface area contributed by atoms with Crippen LogP contribution in [-0.2, 0) is 6.54 Å². The smallest absolute Gasteiger partial charge is 0.123 e. The summed E-state index contributed by atoms with van der Waals surface area (Å²) in [6.07, 6.45) is 3.68. The number of hydrogen-bond acceptors (Lipinski definition) is 3. The first kappa shape index (κ1) is 12.6. The van der Waals surface area contributed by atoms with E-state index in [0.717, 1.165) is 17.9 Å². The largest absolute Gasteiger partial charge is 0.496 e. The maximum absolute atomic E-state index is 5.33. The number of methoxy groups -OCH3 is 1. The zero-order valence-corrected chi connectivity index (χ0v) is 10.8. The summed E-state index contributed by atoms with van der Waals surface area (Å²) < 4.78 is 5.33. The first-order valence-electron chi connectivity index (χ1n) is 6.06. The molecule has 3 heteroatoms. The molecule has 0 amide bonds. The Morgan fingerprint density at radius 1 is 1.22 bits per heavy atom. The van der Waals surface area contributed by atoms with Crippen molar-refractivity contribution < 1.29 is 4.74 Å². The third-order valence-electron chi connectivity index (χ3n) is 2.98. The lowest BCUT2D eigenvalue weighted by atomic mass is 10.1. The zero-order valence-electron chi connectivity index (χ0n) is 10.8. The normalized spacial score (nSPS) is 12.1. The Hall–Kier alpha value is -1.87. The molecule has 2 rings (SSSR count). The number of para-hydroxylation sites is 1. The molecule has 0 unspecified atom stereocenters. The van der Waals surface area contributed by atoms with Gasteiger partial charge in [-0.25, -0.2) is 0 Å². The van der Waals surface area contributed by atoms with Crippen molar-refractivity contribution in [2.45, 2.75) is 19.5 Å². The molecule has 18 heavy (non-hydrogen) atoms. The Labute approximate surface area is 108 Å². The van der Waals surface area contributed by atoms with Crippen LogP contribution in [0, 0.1) is 0 Å². The number of rotatable bonds is 5. The fraction of sp³-hybridized carbons (Fsp3) is 0.267. The highest BCUT2D eigenvalue weighted by atomic mass is 16.5. The zero-order chi connectivity index (χ0) is 12.8. The van der Waals surface area contributed by atoms with Crippen molar-refractivity contribution >= 4 is 0 Å². The van der Waals surface area contributed by atoms with Crippen LogP contribution >= 0.6 is 0 Å². The van der Waals surface area contributed by atoms with E-state index in [1.54, 1.807) is 13.3 Å². The van der Waals surface area contributed by atoms with E-state index in [0.29, 0.717) is 0 Å². The van der Waals surface area contributed by atoms with E-state index in [1.165, 1.54) is 5.56 Å². The van der Waals surface area contributed by atoms with Gasteiger partial charge in [-0.15, -0.1) is 0 Å². The minimum Gasteiger partial charge on any atom is -0.496 e. The minimum absolute atomic E-state index is 0.267. The third kappa shape index (κ3) is 3.08. The van der Waals surface area contributed by atoms with Crippen LogP contribution in [0.25, 0.3) is 0 Å². The lowest BCUT2D eigenvalue weighted by Crippen LogP contribution is -2.18. The van der Waals surface area contributed by atoms with Gasteiger partial charge in [-0.3, -0.25) is 4.98 Å². The Kier molecular flexibility index (Phi) is 4.31. The molecule has 0 bridgehead atoms. The number of ether oxygens (including phenoxy) is 1. The van der Waals surface area contributed by atoms with Crippen LogP contribution in [-0.4, -0.2) is 12.1 Å². The summed E-state index contributed by atoms with van der Waals surface area (Å²) in [7, 11) is 1.70. The van der Waals surface area contributed by atoms with Crippen molar-refractivity contribution in [2.75, 3.05) is 7.11 Å². The number of pyridine rings is 1. The number of aromatic nitrogens is 1. The fourth-order valence-corrected chi connectivity index (χ4v) is 1.86. The molecule has 0 spiro atoms. The first-order chi connectivity index (χ1) is 8.81. The third-order valence-corrected chi connectivity index (χ3v) is 2.98. The molecule has 1 aromatic heterocycles. The van der Waals surface area contributed by atoms with Gasteiger partial charge in [0.2, 0.25) is 0 Å². The highest BCUT2D eigenvalue weighted by Crippen LogP contribution is 2.18. The van der Waals surface area contributed by atoms with E-state index in [1.807, 2.05) is 30.5 Å². The van der Waals surface area contributed by atoms with E-state index in [4.69, 9.17) is 4.74 Å². The molecule has 3 nitrogen and oxygen atoms in total. The number of benzene rings is 1. The van der Waals surface area contributed by atoms with Gasteiger partial charge in [-0.1, -0.05) is 24.3 Å². The van der Waals surface area contributed by atoms with E-state index in [2.05, 4.69) is 29.4 Å². The maximum Gasteiger partial charge on any atom is 0.123 e. The Balaban J connectivity index is 1.99. The molecule has 0 radical (unpaired) electrons. The second-order valence-corrected chi connectivity index (χ2v) is 4.20. The van der Waals surface area contributed by atoms with Crippen molar-refractivity contribution in [1.82, 2.24) is 10.3 Å². The van der Waals surface area contributed by atoms with Crippen LogP contribution in [0.15, 0.2) is 48.8 Å². The van der Waals surface area contributed by atoms with Gasteiger partial charge in [0.05, 0.1) is 7.11 Å². The Bertz CT molecular complexity index is 485. The summed E-state index contributed by atoms with van der Waals surface area (Å²) in [5.41, 5.74) is 2.35. The summed E-state index contributed by atoms with van der Waals surface area (Å²) in [5.74, 6) is 0.920. The van der Waals surface area contributed by atoms with Crippen LogP contribution < -0.4 is 10.1 Å². The first-order valence-corrected chi connectivity index (χ1v) is 6.06. The van der Waals surface area contributed by atoms with Gasteiger partial charge < -0.3 is 10.1 Å². The number of nitrogens with zero attached hydrogens (tertiary/aromatic N) is 1. The van der Waals surface area contributed by atoms with Crippen LogP contribution in [0.2, 0.25) is 0 Å². The van der Waals surface area contributed by atoms with Crippen molar-refractivity contribution in [3.63, 3.8) is 0 Å². The van der Waals surface area contributed by atoms with Crippen LogP contribution in [0.1, 0.15) is 24.1 Å². The monoisotopic (exact) mass is 242 g/mol. The molecule has 94 valence electrons. The summed E-state index contributed by atoms with van der Waals surface area (Å²) in [4.78, 5) is 4.13. The molecule has 0 fully saturated rings. The van der Waals surface area contributed by atoms with E-state index < -0.39 is 0 Å². The predicted molar refractivity (Wildman–Crippen MR) is 72.5 cm³/mol. The van der Waals surface area contributed by atoms with Crippen LogP contribution in [0.4, 0.5) is 0 Å². The average molecular weight is 242 g/mol. The lowest BCUT2D eigenvalue weighted by molar-refractivity contribution is 0.406. The van der Waals surface area contributed by atoms with Crippen molar-refractivity contribution in [3.05, 3.63) is 59.9 Å². The second-order valence-electron chi connectivity index (χ2n) is 4.20. The molecule has 0 aliphatic carbocycles. The minimum atomic E-state index is 0.267. The standard InChI is InChI=1S/C15H18N2O/c1-12(13-7-5-9-16-10-13)17-11-14-6-3-4-8-15(14)18-2/h3-10,12,17H,11H2,1-2H3/t12-/m1/s1.